The van der Waals surface area contributed by atoms with Crippen LogP contribution in [-0.2, 0) is 9.59 Å². The number of nitro groups is 1. The molecule has 2 heterocycles. The average Bonchev–Trinajstić information content (AvgIpc) is 2.98. The van der Waals surface area contributed by atoms with Crippen molar-refractivity contribution in [2.75, 3.05) is 19.6 Å². The summed E-state index contributed by atoms with van der Waals surface area (Å²) in [5, 5.41) is 22.4. The van der Waals surface area contributed by atoms with E-state index in [1.807, 2.05) is 6.07 Å². The number of nitrogens with one attached hydrogen (secondary N) is 1. The van der Waals surface area contributed by atoms with Crippen LogP contribution in [0.3, 0.4) is 0 Å². The molecule has 1 aromatic rings. The number of benzene rings is 1. The van der Waals surface area contributed by atoms with Crippen LogP contribution in [-0.4, -0.2) is 64.0 Å². The second-order valence-electron chi connectivity index (χ2n) is 7.41. The maximum atomic E-state index is 12.4. The molecule has 0 aromatic heterocycles. The molecule has 1 aromatic carbocycles. The lowest BCUT2D eigenvalue weighted by molar-refractivity contribution is -0.384. The average molecular weight is 427 g/mol. The molecular formula is C20H21N5O6. The van der Waals surface area contributed by atoms with E-state index >= 15 is 0 Å². The number of nitrogens with zero attached hydrogens (tertiary/aromatic N) is 4. The van der Waals surface area contributed by atoms with Crippen LogP contribution in [0.4, 0.5) is 5.69 Å². The Bertz CT molecular complexity index is 977. The first-order valence-corrected chi connectivity index (χ1v) is 9.90. The normalized spacial score (nSPS) is 16.1. The fourth-order valence-corrected chi connectivity index (χ4v) is 3.75. The van der Waals surface area contributed by atoms with Gasteiger partial charge >= 0.3 is 0 Å². The summed E-state index contributed by atoms with van der Waals surface area (Å²) in [4.78, 5) is 61.6. The van der Waals surface area contributed by atoms with Crippen molar-refractivity contribution >= 4 is 29.3 Å². The number of nitro benzene ring substituents is 1. The van der Waals surface area contributed by atoms with Crippen molar-refractivity contribution in [2.45, 2.75) is 38.1 Å². The third kappa shape index (κ3) is 4.85. The first-order valence-electron chi connectivity index (χ1n) is 9.90. The predicted molar refractivity (Wildman–Crippen MR) is 106 cm³/mol. The highest BCUT2D eigenvalue weighted by atomic mass is 16.6. The number of non-ortho nitro benzene ring substituents is 1. The molecule has 2 aliphatic heterocycles. The molecule has 0 unspecified atom stereocenters. The van der Waals surface area contributed by atoms with Crippen LogP contribution in [0.5, 0.6) is 0 Å². The summed E-state index contributed by atoms with van der Waals surface area (Å²) in [7, 11) is 0. The van der Waals surface area contributed by atoms with Gasteiger partial charge in [0.15, 0.2) is 0 Å². The van der Waals surface area contributed by atoms with E-state index in [0.29, 0.717) is 25.9 Å². The molecule has 11 nitrogen and oxygen atoms in total. The highest BCUT2D eigenvalue weighted by Crippen LogP contribution is 2.27. The lowest BCUT2D eigenvalue weighted by atomic mass is 10.0. The number of amides is 4. The number of carbonyl (C=O) groups is 4. The van der Waals surface area contributed by atoms with E-state index in [2.05, 4.69) is 5.32 Å². The van der Waals surface area contributed by atoms with E-state index in [9.17, 15) is 29.3 Å². The fraction of sp³-hybridized carbons (Fsp3) is 0.450. The summed E-state index contributed by atoms with van der Waals surface area (Å²) in [5.74, 6) is -1.55. The smallest absolute Gasteiger partial charge is 0.270 e. The van der Waals surface area contributed by atoms with Crippen molar-refractivity contribution in [3.05, 3.63) is 39.4 Å². The molecule has 0 saturated carbocycles. The second-order valence-corrected chi connectivity index (χ2v) is 7.41. The molecule has 0 bridgehead atoms. The number of piperidine rings is 1. The van der Waals surface area contributed by atoms with Crippen LogP contribution in [0, 0.1) is 21.4 Å². The Balaban J connectivity index is 1.44. The van der Waals surface area contributed by atoms with Crippen LogP contribution < -0.4 is 5.32 Å². The summed E-state index contributed by atoms with van der Waals surface area (Å²) in [6.45, 7) is 0.994. The quantitative estimate of drug-likeness (QED) is 0.387. The third-order valence-electron chi connectivity index (χ3n) is 5.39. The van der Waals surface area contributed by atoms with Crippen LogP contribution in [0.15, 0.2) is 18.2 Å². The summed E-state index contributed by atoms with van der Waals surface area (Å²) < 4.78 is 0. The first kappa shape index (κ1) is 21.9. The van der Waals surface area contributed by atoms with Crippen molar-refractivity contribution in [1.82, 2.24) is 15.1 Å². The molecule has 1 saturated heterocycles. The maximum absolute atomic E-state index is 12.4. The van der Waals surface area contributed by atoms with Gasteiger partial charge in [0, 0.05) is 44.2 Å². The zero-order chi connectivity index (χ0) is 22.5. The number of nitriles is 1. The first-order chi connectivity index (χ1) is 14.8. The lowest BCUT2D eigenvalue weighted by Crippen LogP contribution is -2.46. The predicted octanol–water partition coefficient (Wildman–Crippen LogP) is 0.992. The monoisotopic (exact) mass is 427 g/mol. The molecule has 1 fully saturated rings. The number of hydrogen-bond acceptors (Lipinski definition) is 7. The van der Waals surface area contributed by atoms with Gasteiger partial charge in [-0.15, -0.1) is 0 Å². The summed E-state index contributed by atoms with van der Waals surface area (Å²) in [6.07, 6.45) is 1.42. The third-order valence-corrected chi connectivity index (χ3v) is 5.39. The van der Waals surface area contributed by atoms with E-state index in [1.165, 1.54) is 12.1 Å². The van der Waals surface area contributed by atoms with Crippen molar-refractivity contribution < 1.29 is 24.1 Å². The molecule has 0 spiro atoms. The minimum absolute atomic E-state index is 0.00126. The van der Waals surface area contributed by atoms with Crippen LogP contribution in [0.2, 0.25) is 0 Å². The topological polar surface area (TPSA) is 154 Å². The van der Waals surface area contributed by atoms with E-state index in [0.717, 1.165) is 11.0 Å². The SMILES string of the molecule is N#CCC(=O)N1CCC(NC(=O)CCCN2C(=O)c3ccc([N+](=O)[O-])cc3C2=O)CC1. The van der Waals surface area contributed by atoms with Gasteiger partial charge in [0.1, 0.15) is 6.42 Å². The number of carbonyl (C=O) groups excluding carboxylic acids is 4. The van der Waals surface area contributed by atoms with Crippen LogP contribution >= 0.6 is 0 Å². The Morgan fingerprint density at radius 2 is 1.87 bits per heavy atom. The molecule has 2 aliphatic rings. The molecular weight excluding hydrogens is 406 g/mol. The maximum Gasteiger partial charge on any atom is 0.270 e. The van der Waals surface area contributed by atoms with Crippen molar-refractivity contribution in [1.29, 1.82) is 5.26 Å². The van der Waals surface area contributed by atoms with Gasteiger partial charge in [-0.25, -0.2) is 0 Å². The van der Waals surface area contributed by atoms with Crippen molar-refractivity contribution in [2.24, 2.45) is 0 Å². The van der Waals surface area contributed by atoms with Gasteiger partial charge in [0.25, 0.3) is 17.5 Å². The summed E-state index contributed by atoms with van der Waals surface area (Å²) >= 11 is 0. The fourth-order valence-electron chi connectivity index (χ4n) is 3.75. The van der Waals surface area contributed by atoms with Gasteiger partial charge in [-0.2, -0.15) is 5.26 Å². The molecule has 31 heavy (non-hydrogen) atoms. The van der Waals surface area contributed by atoms with Crippen molar-refractivity contribution in [3.63, 3.8) is 0 Å². The largest absolute Gasteiger partial charge is 0.353 e. The molecule has 1 N–H and O–H groups in total. The minimum atomic E-state index is -0.630. The van der Waals surface area contributed by atoms with Gasteiger partial charge in [0.2, 0.25) is 11.8 Å². The van der Waals surface area contributed by atoms with E-state index in [1.54, 1.807) is 4.90 Å². The molecule has 3 rings (SSSR count). The number of imide groups is 1. The number of likely N-dealkylation sites (tertiary alicyclic amines) is 1. The molecule has 0 atom stereocenters. The Morgan fingerprint density at radius 3 is 2.52 bits per heavy atom. The van der Waals surface area contributed by atoms with Gasteiger partial charge < -0.3 is 10.2 Å². The van der Waals surface area contributed by atoms with E-state index in [-0.39, 0.29) is 60.5 Å². The summed E-state index contributed by atoms with van der Waals surface area (Å²) in [6, 6.07) is 5.31. The van der Waals surface area contributed by atoms with Gasteiger partial charge in [-0.05, 0) is 25.3 Å². The lowest BCUT2D eigenvalue weighted by Gasteiger charge is -2.32. The molecule has 0 radical (unpaired) electrons. The standard InChI is InChI=1S/C20H21N5O6/c21-8-5-18(27)23-10-6-13(7-11-23)22-17(26)2-1-9-24-19(28)15-4-3-14(25(30)31)12-16(15)20(24)29/h3-4,12-13H,1-2,5-7,9-11H2,(H,22,26). The van der Waals surface area contributed by atoms with Gasteiger partial charge in [-0.3, -0.25) is 34.2 Å². The number of fused-ring (bicyclic) bond motifs is 1. The molecule has 162 valence electrons. The Kier molecular flexibility index (Phi) is 6.59. The van der Waals surface area contributed by atoms with Gasteiger partial charge in [0.05, 0.1) is 22.1 Å². The molecule has 4 amide bonds. The Hall–Kier alpha value is -3.81. The number of hydrogen-bond donors (Lipinski definition) is 1. The van der Waals surface area contributed by atoms with E-state index < -0.39 is 16.7 Å². The number of rotatable bonds is 7. The minimum Gasteiger partial charge on any atom is -0.353 e. The van der Waals surface area contributed by atoms with Crippen LogP contribution in [0.25, 0.3) is 0 Å². The van der Waals surface area contributed by atoms with Crippen LogP contribution in [0.1, 0.15) is 52.8 Å². The van der Waals surface area contributed by atoms with E-state index in [4.69, 9.17) is 5.26 Å². The Morgan fingerprint density at radius 1 is 1.19 bits per heavy atom. The highest BCUT2D eigenvalue weighted by molar-refractivity contribution is 6.21. The Labute approximate surface area is 177 Å². The highest BCUT2D eigenvalue weighted by Gasteiger charge is 2.36. The zero-order valence-corrected chi connectivity index (χ0v) is 16.7. The van der Waals surface area contributed by atoms with Gasteiger partial charge in [-0.1, -0.05) is 0 Å². The summed E-state index contributed by atoms with van der Waals surface area (Å²) in [5.41, 5.74) is -0.138. The molecule has 0 aliphatic carbocycles. The van der Waals surface area contributed by atoms with Crippen molar-refractivity contribution in [3.8, 4) is 6.07 Å². The zero-order valence-electron chi connectivity index (χ0n) is 16.7. The molecule has 11 heteroatoms. The second kappa shape index (κ2) is 9.34.